The first-order valence-electron chi connectivity index (χ1n) is 6.95. The Balaban J connectivity index is 0.00000400. The first-order chi connectivity index (χ1) is 9.65. The summed E-state index contributed by atoms with van der Waals surface area (Å²) in [6.45, 7) is 1.96. The molecule has 1 atom stereocenters. The van der Waals surface area contributed by atoms with Crippen LogP contribution < -0.4 is 16.4 Å². The number of benzene rings is 1. The highest BCUT2D eigenvalue weighted by atomic mass is 35.5. The standard InChI is InChI=1S/C15H23N3O2.ClH/c1-2-6-13(9-12-7-4-3-5-8-12)18-15(20)11-17-14(19)10-16;/h3-5,7-8,13H,2,6,9-11,16H2,1H3,(H,17,19)(H,18,20);1H. The van der Waals surface area contributed by atoms with Gasteiger partial charge in [-0.25, -0.2) is 0 Å². The van der Waals surface area contributed by atoms with Crippen molar-refractivity contribution in [3.8, 4) is 0 Å². The molecule has 5 nitrogen and oxygen atoms in total. The molecule has 0 saturated carbocycles. The number of amides is 2. The summed E-state index contributed by atoms with van der Waals surface area (Å²) in [7, 11) is 0. The quantitative estimate of drug-likeness (QED) is 0.669. The molecule has 0 radical (unpaired) electrons. The minimum Gasteiger partial charge on any atom is -0.352 e. The van der Waals surface area contributed by atoms with E-state index in [4.69, 9.17) is 5.73 Å². The Hall–Kier alpha value is -1.59. The summed E-state index contributed by atoms with van der Waals surface area (Å²) < 4.78 is 0. The third kappa shape index (κ3) is 8.32. The summed E-state index contributed by atoms with van der Waals surface area (Å²) >= 11 is 0. The molecule has 21 heavy (non-hydrogen) atoms. The summed E-state index contributed by atoms with van der Waals surface area (Å²) in [5, 5.41) is 5.42. The summed E-state index contributed by atoms with van der Waals surface area (Å²) in [5.74, 6) is -0.503. The Labute approximate surface area is 132 Å². The SMILES string of the molecule is CCCC(Cc1ccccc1)NC(=O)CNC(=O)CN.Cl. The molecule has 118 valence electrons. The Kier molecular flexibility index (Phi) is 10.3. The Morgan fingerprint density at radius 1 is 1.19 bits per heavy atom. The third-order valence-corrected chi connectivity index (χ3v) is 2.96. The molecule has 0 aliphatic rings. The van der Waals surface area contributed by atoms with E-state index in [0.29, 0.717) is 0 Å². The van der Waals surface area contributed by atoms with E-state index in [1.165, 1.54) is 5.56 Å². The van der Waals surface area contributed by atoms with Crippen molar-refractivity contribution in [1.82, 2.24) is 10.6 Å². The summed E-state index contributed by atoms with van der Waals surface area (Å²) in [4.78, 5) is 22.8. The van der Waals surface area contributed by atoms with Gasteiger partial charge in [0.1, 0.15) is 0 Å². The first kappa shape index (κ1) is 19.4. The lowest BCUT2D eigenvalue weighted by atomic mass is 10.0. The molecule has 2 amide bonds. The summed E-state index contributed by atoms with van der Waals surface area (Å²) in [5.41, 5.74) is 6.36. The number of rotatable bonds is 8. The highest BCUT2D eigenvalue weighted by Gasteiger charge is 2.12. The third-order valence-electron chi connectivity index (χ3n) is 2.96. The number of hydrogen-bond donors (Lipinski definition) is 3. The maximum Gasteiger partial charge on any atom is 0.239 e. The van der Waals surface area contributed by atoms with E-state index in [0.717, 1.165) is 19.3 Å². The molecule has 0 aromatic heterocycles. The van der Waals surface area contributed by atoms with Gasteiger partial charge in [-0.2, -0.15) is 0 Å². The van der Waals surface area contributed by atoms with Gasteiger partial charge in [0.15, 0.2) is 0 Å². The predicted molar refractivity (Wildman–Crippen MR) is 86.3 cm³/mol. The maximum atomic E-state index is 11.8. The molecule has 0 fully saturated rings. The van der Waals surface area contributed by atoms with Crippen molar-refractivity contribution >= 4 is 24.2 Å². The topological polar surface area (TPSA) is 84.2 Å². The molecule has 0 aliphatic heterocycles. The molecule has 4 N–H and O–H groups in total. The molecule has 0 spiro atoms. The van der Waals surface area contributed by atoms with E-state index < -0.39 is 0 Å². The second-order valence-electron chi connectivity index (χ2n) is 4.72. The molecule has 6 heteroatoms. The number of halogens is 1. The van der Waals surface area contributed by atoms with Gasteiger partial charge in [0.05, 0.1) is 13.1 Å². The van der Waals surface area contributed by atoms with E-state index in [2.05, 4.69) is 17.6 Å². The normalized spacial score (nSPS) is 11.1. The van der Waals surface area contributed by atoms with Crippen molar-refractivity contribution in [1.29, 1.82) is 0 Å². The number of nitrogens with one attached hydrogen (secondary N) is 2. The van der Waals surface area contributed by atoms with Gasteiger partial charge in [0.25, 0.3) is 0 Å². The van der Waals surface area contributed by atoms with Crippen LogP contribution in [-0.2, 0) is 16.0 Å². The maximum absolute atomic E-state index is 11.8. The molecular formula is C15H24ClN3O2. The van der Waals surface area contributed by atoms with E-state index in [1.54, 1.807) is 0 Å². The van der Waals surface area contributed by atoms with Crippen molar-refractivity contribution in [2.75, 3.05) is 13.1 Å². The molecule has 0 heterocycles. The van der Waals surface area contributed by atoms with Crippen molar-refractivity contribution in [2.24, 2.45) is 5.73 Å². The van der Waals surface area contributed by atoms with Gasteiger partial charge < -0.3 is 16.4 Å². The average Bonchev–Trinajstić information content (AvgIpc) is 2.46. The molecule has 1 aromatic rings. The fourth-order valence-electron chi connectivity index (χ4n) is 2.00. The van der Waals surface area contributed by atoms with E-state index >= 15 is 0 Å². The van der Waals surface area contributed by atoms with Crippen molar-refractivity contribution < 1.29 is 9.59 Å². The van der Waals surface area contributed by atoms with Crippen molar-refractivity contribution in [3.05, 3.63) is 35.9 Å². The van der Waals surface area contributed by atoms with E-state index in [-0.39, 0.29) is 43.4 Å². The number of nitrogens with two attached hydrogens (primary N) is 1. The highest BCUT2D eigenvalue weighted by molar-refractivity contribution is 5.85. The molecule has 0 bridgehead atoms. The molecule has 0 aliphatic carbocycles. The first-order valence-corrected chi connectivity index (χ1v) is 6.95. The average molecular weight is 314 g/mol. The molecule has 1 unspecified atom stereocenters. The Morgan fingerprint density at radius 3 is 2.43 bits per heavy atom. The Morgan fingerprint density at radius 2 is 1.86 bits per heavy atom. The molecule has 1 aromatic carbocycles. The highest BCUT2D eigenvalue weighted by Crippen LogP contribution is 2.07. The van der Waals surface area contributed by atoms with Crippen LogP contribution in [0.25, 0.3) is 0 Å². The van der Waals surface area contributed by atoms with Crippen LogP contribution in [0, 0.1) is 0 Å². The smallest absolute Gasteiger partial charge is 0.239 e. The van der Waals surface area contributed by atoms with Gasteiger partial charge in [-0.05, 0) is 18.4 Å². The van der Waals surface area contributed by atoms with Gasteiger partial charge in [-0.3, -0.25) is 9.59 Å². The molecule has 0 saturated heterocycles. The van der Waals surface area contributed by atoms with Gasteiger partial charge in [-0.15, -0.1) is 12.4 Å². The van der Waals surface area contributed by atoms with E-state index in [1.807, 2.05) is 30.3 Å². The number of hydrogen-bond acceptors (Lipinski definition) is 3. The zero-order valence-corrected chi connectivity index (χ0v) is 13.1. The predicted octanol–water partition coefficient (Wildman–Crippen LogP) is 1.01. The van der Waals surface area contributed by atoms with Gasteiger partial charge in [-0.1, -0.05) is 43.7 Å². The molecule has 1 rings (SSSR count). The van der Waals surface area contributed by atoms with Gasteiger partial charge in [0.2, 0.25) is 11.8 Å². The fraction of sp³-hybridized carbons (Fsp3) is 0.467. The van der Waals surface area contributed by atoms with Crippen LogP contribution in [0.15, 0.2) is 30.3 Å². The summed E-state index contributed by atoms with van der Waals surface area (Å²) in [6, 6.07) is 10.1. The zero-order valence-electron chi connectivity index (χ0n) is 12.3. The van der Waals surface area contributed by atoms with E-state index in [9.17, 15) is 9.59 Å². The number of carbonyl (C=O) groups is 2. The van der Waals surface area contributed by atoms with Crippen LogP contribution >= 0.6 is 12.4 Å². The second kappa shape index (κ2) is 11.1. The van der Waals surface area contributed by atoms with Crippen LogP contribution in [0.4, 0.5) is 0 Å². The lowest BCUT2D eigenvalue weighted by Gasteiger charge is -2.18. The molecular weight excluding hydrogens is 290 g/mol. The Bertz CT molecular complexity index is 426. The van der Waals surface area contributed by atoms with Crippen LogP contribution in [-0.4, -0.2) is 30.9 Å². The van der Waals surface area contributed by atoms with Crippen molar-refractivity contribution in [2.45, 2.75) is 32.2 Å². The van der Waals surface area contributed by atoms with Crippen LogP contribution in [0.1, 0.15) is 25.3 Å². The van der Waals surface area contributed by atoms with Gasteiger partial charge >= 0.3 is 0 Å². The monoisotopic (exact) mass is 313 g/mol. The fourth-order valence-corrected chi connectivity index (χ4v) is 2.00. The summed E-state index contributed by atoms with van der Waals surface area (Å²) in [6.07, 6.45) is 2.70. The van der Waals surface area contributed by atoms with Crippen LogP contribution in [0.3, 0.4) is 0 Å². The largest absolute Gasteiger partial charge is 0.352 e. The number of carbonyl (C=O) groups excluding carboxylic acids is 2. The minimum absolute atomic E-state index is 0. The second-order valence-corrected chi connectivity index (χ2v) is 4.72. The lowest BCUT2D eigenvalue weighted by Crippen LogP contribution is -2.44. The zero-order chi connectivity index (χ0) is 14.8. The van der Waals surface area contributed by atoms with Crippen LogP contribution in [0.5, 0.6) is 0 Å². The van der Waals surface area contributed by atoms with Gasteiger partial charge in [0, 0.05) is 6.04 Å². The van der Waals surface area contributed by atoms with Crippen molar-refractivity contribution in [3.63, 3.8) is 0 Å². The van der Waals surface area contributed by atoms with Crippen LogP contribution in [0.2, 0.25) is 0 Å². The lowest BCUT2D eigenvalue weighted by molar-refractivity contribution is -0.125. The minimum atomic E-state index is -0.324.